The standard InChI is InChI=1S/C16H15ClN2O5/c1-8-13(9(2)19(3)18-8)14(20)16(21)22-6-10-4-11(17)15-12(5-10)23-7-24-15/h4-5H,6-7H2,1-3H3. The summed E-state index contributed by atoms with van der Waals surface area (Å²) in [6, 6.07) is 3.26. The van der Waals surface area contributed by atoms with Gasteiger partial charge in [0.05, 0.1) is 16.3 Å². The number of rotatable bonds is 4. The molecule has 0 saturated carbocycles. The highest BCUT2D eigenvalue weighted by Crippen LogP contribution is 2.39. The van der Waals surface area contributed by atoms with E-state index in [2.05, 4.69) is 5.10 Å². The summed E-state index contributed by atoms with van der Waals surface area (Å²) in [5.41, 5.74) is 1.97. The van der Waals surface area contributed by atoms with Gasteiger partial charge in [-0.25, -0.2) is 4.79 Å². The van der Waals surface area contributed by atoms with E-state index in [9.17, 15) is 9.59 Å². The van der Waals surface area contributed by atoms with Crippen molar-refractivity contribution in [1.29, 1.82) is 0 Å². The van der Waals surface area contributed by atoms with E-state index in [1.165, 1.54) is 0 Å². The van der Waals surface area contributed by atoms with E-state index in [0.717, 1.165) is 0 Å². The van der Waals surface area contributed by atoms with Gasteiger partial charge < -0.3 is 14.2 Å². The number of fused-ring (bicyclic) bond motifs is 1. The third-order valence-electron chi connectivity index (χ3n) is 3.78. The fraction of sp³-hybridized carbons (Fsp3) is 0.312. The molecule has 1 aliphatic rings. The number of nitrogens with zero attached hydrogens (tertiary/aromatic N) is 2. The molecular formula is C16H15ClN2O5. The average molecular weight is 351 g/mol. The highest BCUT2D eigenvalue weighted by molar-refractivity contribution is 6.41. The average Bonchev–Trinajstić information content (AvgIpc) is 3.10. The first kappa shape index (κ1) is 16.3. The molecule has 8 heteroatoms. The molecule has 0 fully saturated rings. The van der Waals surface area contributed by atoms with E-state index < -0.39 is 11.8 Å². The summed E-state index contributed by atoms with van der Waals surface area (Å²) < 4.78 is 17.1. The number of carbonyl (C=O) groups is 2. The first-order chi connectivity index (χ1) is 11.4. The van der Waals surface area contributed by atoms with Crippen molar-refractivity contribution in [3.8, 4) is 11.5 Å². The molecule has 1 aliphatic heterocycles. The SMILES string of the molecule is Cc1nn(C)c(C)c1C(=O)C(=O)OCc1cc(Cl)c2c(c1)OCO2. The summed E-state index contributed by atoms with van der Waals surface area (Å²) in [5, 5.41) is 4.49. The van der Waals surface area contributed by atoms with Gasteiger partial charge in [-0.05, 0) is 31.5 Å². The van der Waals surface area contributed by atoms with Gasteiger partial charge in [0.1, 0.15) is 6.61 Å². The Morgan fingerprint density at radius 1 is 1.33 bits per heavy atom. The van der Waals surface area contributed by atoms with Gasteiger partial charge in [-0.3, -0.25) is 9.48 Å². The maximum absolute atomic E-state index is 12.3. The number of carbonyl (C=O) groups excluding carboxylic acids is 2. The van der Waals surface area contributed by atoms with Crippen molar-refractivity contribution in [2.45, 2.75) is 20.5 Å². The second kappa shape index (κ2) is 6.16. The normalized spacial score (nSPS) is 12.3. The Morgan fingerprint density at radius 2 is 2.08 bits per heavy atom. The van der Waals surface area contributed by atoms with Crippen molar-refractivity contribution in [1.82, 2.24) is 9.78 Å². The van der Waals surface area contributed by atoms with Gasteiger partial charge in [0.15, 0.2) is 11.5 Å². The molecule has 0 radical (unpaired) electrons. The third kappa shape index (κ3) is 2.82. The van der Waals surface area contributed by atoms with Gasteiger partial charge in [-0.1, -0.05) is 11.6 Å². The molecule has 1 aromatic carbocycles. The van der Waals surface area contributed by atoms with Crippen molar-refractivity contribution in [3.63, 3.8) is 0 Å². The predicted octanol–water partition coefficient (Wildman–Crippen LogP) is 2.35. The summed E-state index contributed by atoms with van der Waals surface area (Å²) in [4.78, 5) is 24.3. The Balaban J connectivity index is 1.72. The minimum Gasteiger partial charge on any atom is -0.455 e. The first-order valence-corrected chi connectivity index (χ1v) is 7.56. The molecule has 0 bridgehead atoms. The smallest absolute Gasteiger partial charge is 0.380 e. The zero-order valence-corrected chi connectivity index (χ0v) is 14.1. The molecule has 0 atom stereocenters. The number of hydrogen-bond donors (Lipinski definition) is 0. The van der Waals surface area contributed by atoms with E-state index in [1.54, 1.807) is 37.7 Å². The second-order valence-corrected chi connectivity index (χ2v) is 5.79. The molecule has 7 nitrogen and oxygen atoms in total. The van der Waals surface area contributed by atoms with Gasteiger partial charge in [0, 0.05) is 12.7 Å². The van der Waals surface area contributed by atoms with Gasteiger partial charge >= 0.3 is 5.97 Å². The Morgan fingerprint density at radius 3 is 2.75 bits per heavy atom. The quantitative estimate of drug-likeness (QED) is 0.478. The summed E-state index contributed by atoms with van der Waals surface area (Å²) in [6.45, 7) is 3.39. The van der Waals surface area contributed by atoms with Crippen molar-refractivity contribution in [3.05, 3.63) is 39.7 Å². The van der Waals surface area contributed by atoms with Crippen LogP contribution < -0.4 is 9.47 Å². The maximum atomic E-state index is 12.3. The summed E-state index contributed by atoms with van der Waals surface area (Å²) in [5.74, 6) is -0.712. The van der Waals surface area contributed by atoms with Crippen LogP contribution in [0.4, 0.5) is 0 Å². The molecule has 2 aromatic rings. The van der Waals surface area contributed by atoms with E-state index >= 15 is 0 Å². The molecule has 3 rings (SSSR count). The van der Waals surface area contributed by atoms with Crippen LogP contribution in [0.1, 0.15) is 27.3 Å². The monoisotopic (exact) mass is 350 g/mol. The summed E-state index contributed by atoms with van der Waals surface area (Å²) in [6.07, 6.45) is 0. The van der Waals surface area contributed by atoms with E-state index in [1.807, 2.05) is 0 Å². The molecule has 1 aromatic heterocycles. The van der Waals surface area contributed by atoms with Crippen LogP contribution in [0, 0.1) is 13.8 Å². The Labute approximate surface area is 143 Å². The number of ketones is 1. The lowest BCUT2D eigenvalue weighted by Gasteiger charge is -2.07. The van der Waals surface area contributed by atoms with Crippen molar-refractivity contribution >= 4 is 23.4 Å². The predicted molar refractivity (Wildman–Crippen MR) is 84.4 cm³/mol. The number of ether oxygens (including phenoxy) is 3. The topological polar surface area (TPSA) is 79.7 Å². The van der Waals surface area contributed by atoms with Crippen LogP contribution in [0.2, 0.25) is 5.02 Å². The van der Waals surface area contributed by atoms with E-state index in [-0.39, 0.29) is 19.0 Å². The van der Waals surface area contributed by atoms with Crippen LogP contribution >= 0.6 is 11.6 Å². The van der Waals surface area contributed by atoms with E-state index in [4.69, 9.17) is 25.8 Å². The highest BCUT2D eigenvalue weighted by Gasteiger charge is 2.26. The summed E-state index contributed by atoms with van der Waals surface area (Å²) in [7, 11) is 1.71. The van der Waals surface area contributed by atoms with E-state index in [0.29, 0.717) is 33.5 Å². The molecule has 0 N–H and O–H groups in total. The molecular weight excluding hydrogens is 336 g/mol. The lowest BCUT2D eigenvalue weighted by Crippen LogP contribution is -2.19. The van der Waals surface area contributed by atoms with Gasteiger partial charge in [-0.2, -0.15) is 5.10 Å². The number of aryl methyl sites for hydroxylation is 2. The lowest BCUT2D eigenvalue weighted by atomic mass is 10.1. The van der Waals surface area contributed by atoms with Crippen LogP contribution in [0.3, 0.4) is 0 Å². The number of aromatic nitrogens is 2. The molecule has 0 spiro atoms. The highest BCUT2D eigenvalue weighted by atomic mass is 35.5. The molecule has 0 saturated heterocycles. The first-order valence-electron chi connectivity index (χ1n) is 7.18. The van der Waals surface area contributed by atoms with Crippen molar-refractivity contribution in [2.24, 2.45) is 7.05 Å². The Hall–Kier alpha value is -2.54. The van der Waals surface area contributed by atoms with Crippen molar-refractivity contribution in [2.75, 3.05) is 6.79 Å². The minimum atomic E-state index is -0.942. The van der Waals surface area contributed by atoms with Crippen LogP contribution in [-0.4, -0.2) is 28.3 Å². The Kier molecular flexibility index (Phi) is 4.19. The number of halogens is 1. The molecule has 24 heavy (non-hydrogen) atoms. The van der Waals surface area contributed by atoms with Gasteiger partial charge in [0.25, 0.3) is 5.78 Å². The fourth-order valence-electron chi connectivity index (χ4n) is 2.52. The molecule has 126 valence electrons. The number of hydrogen-bond acceptors (Lipinski definition) is 6. The molecule has 2 heterocycles. The number of benzene rings is 1. The van der Waals surface area contributed by atoms with Crippen LogP contribution in [0.25, 0.3) is 0 Å². The zero-order valence-electron chi connectivity index (χ0n) is 13.4. The summed E-state index contributed by atoms with van der Waals surface area (Å²) >= 11 is 6.07. The zero-order chi connectivity index (χ0) is 17.4. The van der Waals surface area contributed by atoms with Crippen LogP contribution in [-0.2, 0) is 23.2 Å². The second-order valence-electron chi connectivity index (χ2n) is 5.39. The Bertz CT molecular complexity index is 843. The maximum Gasteiger partial charge on any atom is 0.380 e. The minimum absolute atomic E-state index is 0.0936. The van der Waals surface area contributed by atoms with Crippen molar-refractivity contribution < 1.29 is 23.8 Å². The third-order valence-corrected chi connectivity index (χ3v) is 4.06. The largest absolute Gasteiger partial charge is 0.455 e. The molecule has 0 unspecified atom stereocenters. The van der Waals surface area contributed by atoms with Gasteiger partial charge in [0.2, 0.25) is 6.79 Å². The van der Waals surface area contributed by atoms with Crippen LogP contribution in [0.5, 0.6) is 11.5 Å². The number of esters is 1. The van der Waals surface area contributed by atoms with Gasteiger partial charge in [-0.15, -0.1) is 0 Å². The van der Waals surface area contributed by atoms with Crippen LogP contribution in [0.15, 0.2) is 12.1 Å². The fourth-order valence-corrected chi connectivity index (χ4v) is 2.81. The lowest BCUT2D eigenvalue weighted by molar-refractivity contribution is -0.139. The molecule has 0 aliphatic carbocycles. The molecule has 0 amide bonds. The number of Topliss-reactive ketones (excluding diaryl/α,β-unsaturated/α-hetero) is 1.